The minimum atomic E-state index is -0.855. The van der Waals surface area contributed by atoms with Crippen molar-refractivity contribution < 1.29 is 9.90 Å². The number of benzene rings is 1. The fraction of sp³-hybridized carbons (Fsp3) is 0.154. The number of aryl methyl sites for hydroxylation is 2. The molecule has 2 rings (SSSR count). The Balaban J connectivity index is 2.47. The summed E-state index contributed by atoms with van der Waals surface area (Å²) in [5.74, 6) is -0.855. The number of rotatable bonds is 2. The van der Waals surface area contributed by atoms with Gasteiger partial charge in [-0.3, -0.25) is 0 Å². The lowest BCUT2D eigenvalue weighted by Crippen LogP contribution is -1.89. The maximum Gasteiger partial charge on any atom is 0.345 e. The third-order valence-corrected chi connectivity index (χ3v) is 3.53. The van der Waals surface area contributed by atoms with Crippen molar-refractivity contribution in [1.29, 1.82) is 0 Å². The molecule has 82 valence electrons. The summed E-state index contributed by atoms with van der Waals surface area (Å²) in [7, 11) is 0. The summed E-state index contributed by atoms with van der Waals surface area (Å²) < 4.78 is 0. The van der Waals surface area contributed by atoms with Gasteiger partial charge in [-0.25, -0.2) is 4.79 Å². The van der Waals surface area contributed by atoms with Crippen LogP contribution >= 0.6 is 11.3 Å². The Bertz CT molecular complexity index is 523. The molecule has 0 unspecified atom stereocenters. The van der Waals surface area contributed by atoms with Gasteiger partial charge in [-0.1, -0.05) is 29.8 Å². The van der Waals surface area contributed by atoms with Crippen LogP contribution in [0, 0.1) is 13.8 Å². The van der Waals surface area contributed by atoms with Gasteiger partial charge in [-0.2, -0.15) is 0 Å². The molecule has 0 fully saturated rings. The number of carbonyl (C=O) groups is 1. The van der Waals surface area contributed by atoms with Crippen molar-refractivity contribution in [3.8, 4) is 11.1 Å². The third-order valence-electron chi connectivity index (χ3n) is 2.49. The maximum atomic E-state index is 10.9. The molecule has 1 aromatic heterocycles. The number of hydrogen-bond donors (Lipinski definition) is 1. The van der Waals surface area contributed by atoms with E-state index in [0.29, 0.717) is 4.88 Å². The summed E-state index contributed by atoms with van der Waals surface area (Å²) in [6.45, 7) is 3.99. The molecule has 3 heteroatoms. The van der Waals surface area contributed by atoms with Crippen LogP contribution in [-0.4, -0.2) is 11.1 Å². The predicted molar refractivity (Wildman–Crippen MR) is 66.2 cm³/mol. The van der Waals surface area contributed by atoms with Crippen molar-refractivity contribution in [3.63, 3.8) is 0 Å². The molecular formula is C13H12O2S. The highest BCUT2D eigenvalue weighted by atomic mass is 32.1. The molecule has 0 radical (unpaired) electrons. The number of aromatic carboxylic acids is 1. The van der Waals surface area contributed by atoms with E-state index in [1.807, 2.05) is 38.1 Å². The van der Waals surface area contributed by atoms with Crippen molar-refractivity contribution in [2.75, 3.05) is 0 Å². The molecule has 0 saturated carbocycles. The molecule has 0 atom stereocenters. The van der Waals surface area contributed by atoms with Crippen LogP contribution < -0.4 is 0 Å². The van der Waals surface area contributed by atoms with Gasteiger partial charge in [0.15, 0.2) is 0 Å². The van der Waals surface area contributed by atoms with Gasteiger partial charge in [-0.05, 0) is 31.0 Å². The summed E-state index contributed by atoms with van der Waals surface area (Å²) in [5, 5.41) is 8.92. The van der Waals surface area contributed by atoms with E-state index in [-0.39, 0.29) is 0 Å². The second kappa shape index (κ2) is 4.10. The van der Waals surface area contributed by atoms with E-state index >= 15 is 0 Å². The Hall–Kier alpha value is -1.61. The van der Waals surface area contributed by atoms with E-state index in [0.717, 1.165) is 16.0 Å². The molecular weight excluding hydrogens is 220 g/mol. The van der Waals surface area contributed by atoms with Crippen molar-refractivity contribution >= 4 is 17.3 Å². The molecule has 16 heavy (non-hydrogen) atoms. The molecule has 1 N–H and O–H groups in total. The third kappa shape index (κ3) is 1.99. The topological polar surface area (TPSA) is 37.3 Å². The van der Waals surface area contributed by atoms with Gasteiger partial charge in [0, 0.05) is 4.88 Å². The molecule has 0 bridgehead atoms. The average molecular weight is 232 g/mol. The van der Waals surface area contributed by atoms with Crippen LogP contribution in [0.1, 0.15) is 20.1 Å². The molecule has 0 aliphatic carbocycles. The van der Waals surface area contributed by atoms with Gasteiger partial charge in [0.05, 0.1) is 0 Å². The van der Waals surface area contributed by atoms with Crippen molar-refractivity contribution in [3.05, 3.63) is 45.6 Å². The Morgan fingerprint density at radius 3 is 2.31 bits per heavy atom. The Kier molecular flexibility index (Phi) is 2.79. The minimum absolute atomic E-state index is 0.396. The van der Waals surface area contributed by atoms with E-state index in [9.17, 15) is 4.79 Å². The highest BCUT2D eigenvalue weighted by Gasteiger charge is 2.11. The summed E-state index contributed by atoms with van der Waals surface area (Å²) in [5.41, 5.74) is 3.30. The van der Waals surface area contributed by atoms with Gasteiger partial charge < -0.3 is 5.11 Å². The van der Waals surface area contributed by atoms with Gasteiger partial charge in [0.2, 0.25) is 0 Å². The lowest BCUT2D eigenvalue weighted by Gasteiger charge is -2.00. The van der Waals surface area contributed by atoms with Crippen LogP contribution in [0.25, 0.3) is 11.1 Å². The summed E-state index contributed by atoms with van der Waals surface area (Å²) in [6, 6.07) is 9.86. The first-order valence-corrected chi connectivity index (χ1v) is 5.80. The average Bonchev–Trinajstić information content (AvgIpc) is 2.62. The van der Waals surface area contributed by atoms with E-state index < -0.39 is 5.97 Å². The highest BCUT2D eigenvalue weighted by Crippen LogP contribution is 2.31. The standard InChI is InChI=1S/C13H12O2S/c1-8-3-5-10(6-4-8)11-7-12(13(14)15)16-9(11)2/h3-7H,1-2H3,(H,14,15). The zero-order valence-electron chi connectivity index (χ0n) is 9.15. The number of thiophene rings is 1. The van der Waals surface area contributed by atoms with Crippen LogP contribution in [0.2, 0.25) is 0 Å². The molecule has 2 nitrogen and oxygen atoms in total. The van der Waals surface area contributed by atoms with Gasteiger partial charge in [0.1, 0.15) is 4.88 Å². The second-order valence-electron chi connectivity index (χ2n) is 3.75. The van der Waals surface area contributed by atoms with Crippen LogP contribution in [0.4, 0.5) is 0 Å². The van der Waals surface area contributed by atoms with Crippen LogP contribution in [0.5, 0.6) is 0 Å². The minimum Gasteiger partial charge on any atom is -0.477 e. The molecule has 0 amide bonds. The highest BCUT2D eigenvalue weighted by molar-refractivity contribution is 7.14. The van der Waals surface area contributed by atoms with E-state index in [2.05, 4.69) is 0 Å². The van der Waals surface area contributed by atoms with Gasteiger partial charge in [-0.15, -0.1) is 11.3 Å². The van der Waals surface area contributed by atoms with Crippen LogP contribution in [0.15, 0.2) is 30.3 Å². The largest absolute Gasteiger partial charge is 0.477 e. The molecule has 2 aromatic rings. The first-order valence-electron chi connectivity index (χ1n) is 4.98. The fourth-order valence-electron chi connectivity index (χ4n) is 1.61. The molecule has 1 aromatic carbocycles. The quantitative estimate of drug-likeness (QED) is 0.856. The monoisotopic (exact) mass is 232 g/mol. The normalized spacial score (nSPS) is 10.4. The first-order chi connectivity index (χ1) is 7.58. The van der Waals surface area contributed by atoms with E-state index in [1.165, 1.54) is 16.9 Å². The van der Waals surface area contributed by atoms with Crippen LogP contribution in [0.3, 0.4) is 0 Å². The fourth-order valence-corrected chi connectivity index (χ4v) is 2.49. The summed E-state index contributed by atoms with van der Waals surface area (Å²) in [4.78, 5) is 12.3. The van der Waals surface area contributed by atoms with Crippen molar-refractivity contribution in [2.24, 2.45) is 0 Å². The Morgan fingerprint density at radius 1 is 1.19 bits per heavy atom. The molecule has 0 spiro atoms. The molecule has 1 heterocycles. The van der Waals surface area contributed by atoms with Crippen molar-refractivity contribution in [1.82, 2.24) is 0 Å². The van der Waals surface area contributed by atoms with Crippen molar-refractivity contribution in [2.45, 2.75) is 13.8 Å². The van der Waals surface area contributed by atoms with Gasteiger partial charge in [0.25, 0.3) is 0 Å². The van der Waals surface area contributed by atoms with E-state index in [4.69, 9.17) is 5.11 Å². The zero-order chi connectivity index (χ0) is 11.7. The van der Waals surface area contributed by atoms with Crippen LogP contribution in [-0.2, 0) is 0 Å². The smallest absolute Gasteiger partial charge is 0.345 e. The number of hydrogen-bond acceptors (Lipinski definition) is 2. The van der Waals surface area contributed by atoms with E-state index in [1.54, 1.807) is 6.07 Å². The summed E-state index contributed by atoms with van der Waals surface area (Å²) >= 11 is 1.32. The lowest BCUT2D eigenvalue weighted by atomic mass is 10.1. The lowest BCUT2D eigenvalue weighted by molar-refractivity contribution is 0.0702. The van der Waals surface area contributed by atoms with Gasteiger partial charge >= 0.3 is 5.97 Å². The number of carboxylic acid groups (broad SMARTS) is 1. The first kappa shape index (κ1) is 10.9. The summed E-state index contributed by atoms with van der Waals surface area (Å²) in [6.07, 6.45) is 0. The Morgan fingerprint density at radius 2 is 1.81 bits per heavy atom. The molecule has 0 saturated heterocycles. The maximum absolute atomic E-state index is 10.9. The second-order valence-corrected chi connectivity index (χ2v) is 5.01. The Labute approximate surface area is 98.2 Å². The number of carboxylic acids is 1. The predicted octanol–water partition coefficient (Wildman–Crippen LogP) is 3.73. The SMILES string of the molecule is Cc1ccc(-c2cc(C(=O)O)sc2C)cc1. The zero-order valence-corrected chi connectivity index (χ0v) is 9.97. The molecule has 0 aliphatic rings. The molecule has 0 aliphatic heterocycles.